The van der Waals surface area contributed by atoms with E-state index in [1.54, 1.807) is 0 Å². The quantitative estimate of drug-likeness (QED) is 0.237. The van der Waals surface area contributed by atoms with Gasteiger partial charge >= 0.3 is 30.3 Å². The largest absolute Gasteiger partial charge is 0.446 e. The minimum Gasteiger partial charge on any atom is -0.410 e. The molecule has 3 aromatic rings. The first-order valence-electron chi connectivity index (χ1n) is 12.4. The summed E-state index contributed by atoms with van der Waals surface area (Å²) in [6, 6.07) is 3.72. The van der Waals surface area contributed by atoms with Crippen molar-refractivity contribution in [2.45, 2.75) is 61.5 Å². The first kappa shape index (κ1) is 35.1. The predicted molar refractivity (Wildman–Crippen MR) is 128 cm³/mol. The van der Waals surface area contributed by atoms with E-state index < -0.39 is 65.8 Å². The number of benzene rings is 1. The van der Waals surface area contributed by atoms with Crippen molar-refractivity contribution in [2.24, 2.45) is 7.05 Å². The van der Waals surface area contributed by atoms with Gasteiger partial charge in [-0.05, 0) is 30.5 Å². The Balaban J connectivity index is 1.77. The summed E-state index contributed by atoms with van der Waals surface area (Å²) in [7, 11) is 0.602. The molecule has 1 aliphatic carbocycles. The maximum Gasteiger partial charge on any atom is 0.446 e. The molecule has 2 heterocycles. The molecule has 0 spiro atoms. The Bertz CT molecular complexity index is 1610. The Labute approximate surface area is 252 Å². The third-order valence-electron chi connectivity index (χ3n) is 6.54. The molecule has 1 fully saturated rings. The lowest BCUT2D eigenvalue weighted by molar-refractivity contribution is -0.384. The summed E-state index contributed by atoms with van der Waals surface area (Å²) >= 11 is 6.06. The second-order valence-corrected chi connectivity index (χ2v) is 10.3. The molecule has 4 rings (SSSR count). The summed E-state index contributed by atoms with van der Waals surface area (Å²) in [4.78, 5) is 12.5. The fraction of sp³-hybridized carbons (Fsp3) is 0.458. The van der Waals surface area contributed by atoms with Crippen LogP contribution in [0.3, 0.4) is 0 Å². The molecule has 7 nitrogen and oxygen atoms in total. The summed E-state index contributed by atoms with van der Waals surface area (Å²) in [5, 5.41) is 9.12. The number of ether oxygens (including phenoxy) is 1. The molecule has 1 aliphatic rings. The van der Waals surface area contributed by atoms with Crippen molar-refractivity contribution in [3.63, 3.8) is 0 Å². The monoisotopic (exact) mass is 707 g/mol. The number of rotatable bonds is 9. The Morgan fingerprint density at radius 1 is 0.978 bits per heavy atom. The highest BCUT2D eigenvalue weighted by molar-refractivity contribution is 6.34. The van der Waals surface area contributed by atoms with Gasteiger partial charge < -0.3 is 10.1 Å². The average Bonchev–Trinajstić information content (AvgIpc) is 3.47. The van der Waals surface area contributed by atoms with Crippen LogP contribution in [0.25, 0.3) is 16.9 Å². The molecule has 0 radical (unpaired) electrons. The van der Waals surface area contributed by atoms with Crippen LogP contribution >= 0.6 is 11.6 Å². The van der Waals surface area contributed by atoms with E-state index >= 15 is 0 Å². The van der Waals surface area contributed by atoms with Gasteiger partial charge in [0.15, 0.2) is 17.6 Å². The van der Waals surface area contributed by atoms with Crippen molar-refractivity contribution in [2.75, 3.05) is 0 Å². The smallest absolute Gasteiger partial charge is 0.410 e. The lowest BCUT2D eigenvalue weighted by Gasteiger charge is -2.37. The number of carbonyl (C=O) groups excluding carboxylic acids is 1. The van der Waals surface area contributed by atoms with Crippen molar-refractivity contribution < 1.29 is 71.0 Å². The molecule has 46 heavy (non-hydrogen) atoms. The maximum atomic E-state index is 14.7. The predicted octanol–water partition coefficient (Wildman–Crippen LogP) is 7.32. The fourth-order valence-corrected chi connectivity index (χ4v) is 4.28. The van der Waals surface area contributed by atoms with Crippen LogP contribution in [0, 0.1) is 0 Å². The zero-order valence-corrected chi connectivity index (χ0v) is 23.1. The van der Waals surface area contributed by atoms with Crippen molar-refractivity contribution >= 4 is 17.5 Å². The van der Waals surface area contributed by atoms with Gasteiger partial charge in [0.25, 0.3) is 11.8 Å². The molecule has 254 valence electrons. The molecule has 0 saturated heterocycles. The zero-order valence-electron chi connectivity index (χ0n) is 22.3. The highest BCUT2D eigenvalue weighted by Gasteiger charge is 2.81. The Morgan fingerprint density at radius 2 is 1.59 bits per heavy atom. The van der Waals surface area contributed by atoms with E-state index in [0.717, 1.165) is 25.2 Å². The maximum absolute atomic E-state index is 14.7. The number of nitrogens with one attached hydrogen (secondary N) is 1. The minimum atomic E-state index is -7.37. The second kappa shape index (κ2) is 11.5. The molecule has 0 aliphatic heterocycles. The van der Waals surface area contributed by atoms with Gasteiger partial charge in [-0.1, -0.05) is 17.7 Å². The fourth-order valence-electron chi connectivity index (χ4n) is 4.08. The molecule has 1 aromatic carbocycles. The van der Waals surface area contributed by atoms with E-state index in [1.165, 1.54) is 18.2 Å². The summed E-state index contributed by atoms with van der Waals surface area (Å²) in [5.74, 6) is -4.50. The number of carbonyl (C=O) groups is 1. The Hall–Kier alpha value is -3.78. The van der Waals surface area contributed by atoms with E-state index in [-0.39, 0.29) is 32.4 Å². The van der Waals surface area contributed by atoms with Crippen LogP contribution in [0.5, 0.6) is 5.88 Å². The van der Waals surface area contributed by atoms with Crippen molar-refractivity contribution in [1.82, 2.24) is 24.9 Å². The molecule has 3 atom stereocenters. The Morgan fingerprint density at radius 3 is 2.11 bits per heavy atom. The second-order valence-electron chi connectivity index (χ2n) is 9.91. The lowest BCUT2D eigenvalue weighted by atomic mass is 9.93. The lowest BCUT2D eigenvalue weighted by Crippen LogP contribution is -2.67. The third kappa shape index (κ3) is 6.41. The third-order valence-corrected chi connectivity index (χ3v) is 6.86. The van der Waals surface area contributed by atoms with Crippen LogP contribution in [0.4, 0.5) is 61.5 Å². The van der Waals surface area contributed by atoms with E-state index in [1.807, 2.05) is 0 Å². The van der Waals surface area contributed by atoms with Crippen LogP contribution in [0.2, 0.25) is 5.02 Å². The van der Waals surface area contributed by atoms with Crippen LogP contribution in [0.15, 0.2) is 30.6 Å². The van der Waals surface area contributed by atoms with Gasteiger partial charge in [0.2, 0.25) is 6.17 Å². The molecule has 22 heteroatoms. The first-order valence-corrected chi connectivity index (χ1v) is 12.7. The van der Waals surface area contributed by atoms with Gasteiger partial charge in [0, 0.05) is 24.8 Å². The van der Waals surface area contributed by atoms with E-state index in [2.05, 4.69) is 20.3 Å². The topological polar surface area (TPSA) is 74.0 Å². The minimum absolute atomic E-state index is 0.00404. The summed E-state index contributed by atoms with van der Waals surface area (Å²) in [5.41, 5.74) is -9.59. The normalized spacial score (nSPS) is 17.4. The SMILES string of the molecule is Cn1nc(OC(F)(F)C(F)(C(F)[C@H](F)C(F)(F)F)C(F)(F)F)c(C(F)(F)F)c1-n1cc(-c2ccc(Cl)c(C(=O)NC3CC3)c2)cn1. The van der Waals surface area contributed by atoms with Gasteiger partial charge in [-0.2, -0.15) is 53.4 Å². The Kier molecular flexibility index (Phi) is 8.75. The van der Waals surface area contributed by atoms with Crippen molar-refractivity contribution in [1.29, 1.82) is 0 Å². The van der Waals surface area contributed by atoms with Crippen LogP contribution in [-0.4, -0.2) is 68.0 Å². The zero-order chi connectivity index (χ0) is 34.8. The number of aryl methyl sites for hydroxylation is 1. The van der Waals surface area contributed by atoms with E-state index in [9.17, 15) is 66.3 Å². The number of hydrogen-bond acceptors (Lipinski definition) is 4. The molecule has 1 saturated carbocycles. The summed E-state index contributed by atoms with van der Waals surface area (Å²) < 4.78 is 195. The number of hydrogen-bond donors (Lipinski definition) is 1. The molecule has 2 aromatic heterocycles. The van der Waals surface area contributed by atoms with Crippen LogP contribution in [0.1, 0.15) is 28.8 Å². The molecular weight excluding hydrogens is 692 g/mol. The number of halogens is 15. The highest BCUT2D eigenvalue weighted by Crippen LogP contribution is 2.53. The first-order chi connectivity index (χ1) is 20.9. The van der Waals surface area contributed by atoms with E-state index in [0.29, 0.717) is 11.7 Å². The molecular formula is C24H16ClF14N5O2. The number of aromatic nitrogens is 4. The van der Waals surface area contributed by atoms with Gasteiger partial charge in [-0.25, -0.2) is 22.5 Å². The molecule has 1 N–H and O–H groups in total. The van der Waals surface area contributed by atoms with Crippen molar-refractivity contribution in [3.8, 4) is 22.8 Å². The van der Waals surface area contributed by atoms with Crippen LogP contribution in [-0.2, 0) is 13.2 Å². The summed E-state index contributed by atoms with van der Waals surface area (Å²) in [6.45, 7) is 0. The standard InChI is InChI=1S/C24H16ClF14N5O2/c1-43-19(44-8-10(7-40-44)9-2-5-13(25)12(6-9)17(45)41-11-3-4-11)14(21(29,30)31)18(42-43)46-24(38,39)20(28,23(35,36)37)15(26)16(27)22(32,33)34/h2,5-8,11,15-16H,3-4H2,1H3,(H,41,45)/t15?,16-,20?/m0/s1. The van der Waals surface area contributed by atoms with Crippen molar-refractivity contribution in [3.05, 3.63) is 46.7 Å². The summed E-state index contributed by atoms with van der Waals surface area (Å²) in [6.07, 6.45) is -35.0. The number of alkyl halides is 14. The van der Waals surface area contributed by atoms with Gasteiger partial charge in [0.1, 0.15) is 0 Å². The molecule has 0 bridgehead atoms. The number of nitrogens with zero attached hydrogens (tertiary/aromatic N) is 4. The van der Waals surface area contributed by atoms with Gasteiger partial charge in [-0.3, -0.25) is 4.79 Å². The molecule has 2 unspecified atom stereocenters. The van der Waals surface area contributed by atoms with Gasteiger partial charge in [0.05, 0.1) is 16.8 Å². The number of amides is 1. The van der Waals surface area contributed by atoms with Gasteiger partial charge in [-0.15, -0.1) is 5.10 Å². The average molecular weight is 708 g/mol. The van der Waals surface area contributed by atoms with Crippen LogP contribution < -0.4 is 10.1 Å². The van der Waals surface area contributed by atoms with E-state index in [4.69, 9.17) is 11.6 Å². The molecule has 1 amide bonds. The highest BCUT2D eigenvalue weighted by atomic mass is 35.5.